The number of hydrogen-bond donors (Lipinski definition) is 1. The fraction of sp³-hybridized carbons (Fsp3) is 0.0625. The van der Waals surface area contributed by atoms with E-state index in [0.717, 1.165) is 5.69 Å². The Bertz CT molecular complexity index is 784. The number of aromatic nitrogens is 3. The monoisotopic (exact) mass is 294 g/mol. The zero-order valence-corrected chi connectivity index (χ0v) is 11.9. The molecule has 6 nitrogen and oxygen atoms in total. The van der Waals surface area contributed by atoms with Gasteiger partial charge in [0.05, 0.1) is 18.5 Å². The molecule has 3 aromatic rings. The van der Waals surface area contributed by atoms with Gasteiger partial charge in [-0.3, -0.25) is 4.79 Å². The number of nitrogens with one attached hydrogen (secondary N) is 1. The zero-order valence-electron chi connectivity index (χ0n) is 11.9. The molecule has 0 fully saturated rings. The summed E-state index contributed by atoms with van der Waals surface area (Å²) < 4.78 is 6.81. The second-order valence-electron chi connectivity index (χ2n) is 4.48. The number of nitrogens with zero attached hydrogens (tertiary/aromatic N) is 3. The molecule has 0 aliphatic heterocycles. The van der Waals surface area contributed by atoms with Gasteiger partial charge in [-0.15, -0.1) is 0 Å². The van der Waals surface area contributed by atoms with Crippen molar-refractivity contribution in [3.63, 3.8) is 0 Å². The quantitative estimate of drug-likeness (QED) is 0.802. The standard InChI is InChI=1S/C16H14N4O2/c1-22-16-12(6-4-9-17-16)15(21)19-13-7-2-3-8-14(13)20-11-5-10-18-20/h2-11H,1H3,(H,19,21). The molecule has 3 rings (SSSR count). The SMILES string of the molecule is COc1ncccc1C(=O)Nc1ccccc1-n1cccn1. The highest BCUT2D eigenvalue weighted by molar-refractivity contribution is 6.06. The molecule has 0 bridgehead atoms. The Hall–Kier alpha value is -3.15. The van der Waals surface area contributed by atoms with Crippen LogP contribution in [0, 0.1) is 0 Å². The molecule has 1 N–H and O–H groups in total. The van der Waals surface area contributed by atoms with Crippen molar-refractivity contribution in [3.05, 3.63) is 66.6 Å². The maximum atomic E-state index is 12.5. The maximum absolute atomic E-state index is 12.5. The smallest absolute Gasteiger partial charge is 0.261 e. The summed E-state index contributed by atoms with van der Waals surface area (Å²) in [4.78, 5) is 16.5. The van der Waals surface area contributed by atoms with Crippen molar-refractivity contribution in [2.75, 3.05) is 12.4 Å². The van der Waals surface area contributed by atoms with Gasteiger partial charge in [0.2, 0.25) is 5.88 Å². The number of anilines is 1. The molecule has 6 heteroatoms. The fourth-order valence-corrected chi connectivity index (χ4v) is 2.11. The summed E-state index contributed by atoms with van der Waals surface area (Å²) in [5.41, 5.74) is 1.81. The minimum atomic E-state index is -0.287. The first-order valence-electron chi connectivity index (χ1n) is 6.69. The molecule has 22 heavy (non-hydrogen) atoms. The average Bonchev–Trinajstić information content (AvgIpc) is 3.09. The van der Waals surface area contributed by atoms with Gasteiger partial charge < -0.3 is 10.1 Å². The Kier molecular flexibility index (Phi) is 3.82. The van der Waals surface area contributed by atoms with Crippen LogP contribution in [-0.2, 0) is 0 Å². The van der Waals surface area contributed by atoms with Crippen molar-refractivity contribution in [3.8, 4) is 11.6 Å². The summed E-state index contributed by atoms with van der Waals surface area (Å²) in [5, 5.41) is 7.06. The lowest BCUT2D eigenvalue weighted by Gasteiger charge is -2.12. The molecule has 1 aromatic carbocycles. The van der Waals surface area contributed by atoms with Crippen LogP contribution in [0.25, 0.3) is 5.69 Å². The van der Waals surface area contributed by atoms with Gasteiger partial charge in [-0.25, -0.2) is 9.67 Å². The van der Waals surface area contributed by atoms with Gasteiger partial charge in [0.15, 0.2) is 0 Å². The predicted octanol–water partition coefficient (Wildman–Crippen LogP) is 2.53. The molecule has 0 aliphatic rings. The highest BCUT2D eigenvalue weighted by Crippen LogP contribution is 2.21. The van der Waals surface area contributed by atoms with E-state index >= 15 is 0 Å². The predicted molar refractivity (Wildman–Crippen MR) is 82.3 cm³/mol. The molecule has 0 saturated carbocycles. The molecular formula is C16H14N4O2. The number of carbonyl (C=O) groups excluding carboxylic acids is 1. The highest BCUT2D eigenvalue weighted by Gasteiger charge is 2.15. The summed E-state index contributed by atoms with van der Waals surface area (Å²) in [7, 11) is 1.48. The van der Waals surface area contributed by atoms with E-state index in [1.54, 1.807) is 29.2 Å². The van der Waals surface area contributed by atoms with Crippen molar-refractivity contribution in [2.45, 2.75) is 0 Å². The van der Waals surface area contributed by atoms with Crippen LogP contribution in [0.1, 0.15) is 10.4 Å². The number of hydrogen-bond acceptors (Lipinski definition) is 4. The number of ether oxygens (including phenoxy) is 1. The Morgan fingerprint density at radius 1 is 1.14 bits per heavy atom. The summed E-state index contributed by atoms with van der Waals surface area (Å²) in [5.74, 6) is 0.00104. The van der Waals surface area contributed by atoms with E-state index < -0.39 is 0 Å². The van der Waals surface area contributed by atoms with Gasteiger partial charge in [-0.05, 0) is 30.3 Å². The van der Waals surface area contributed by atoms with Crippen LogP contribution in [0.3, 0.4) is 0 Å². The molecule has 2 aromatic heterocycles. The molecular weight excluding hydrogens is 280 g/mol. The summed E-state index contributed by atoms with van der Waals surface area (Å²) in [6, 6.07) is 12.6. The fourth-order valence-electron chi connectivity index (χ4n) is 2.11. The summed E-state index contributed by atoms with van der Waals surface area (Å²) in [6.07, 6.45) is 5.08. The molecule has 1 amide bonds. The number of pyridine rings is 1. The maximum Gasteiger partial charge on any atom is 0.261 e. The number of amides is 1. The minimum absolute atomic E-state index is 0.287. The van der Waals surface area contributed by atoms with Crippen LogP contribution in [0.15, 0.2) is 61.1 Å². The second kappa shape index (κ2) is 6.09. The third-order valence-corrected chi connectivity index (χ3v) is 3.11. The van der Waals surface area contributed by atoms with Gasteiger partial charge >= 0.3 is 0 Å². The number of methoxy groups -OCH3 is 1. The molecule has 0 radical (unpaired) electrons. The van der Waals surface area contributed by atoms with Crippen molar-refractivity contribution in [1.29, 1.82) is 0 Å². The minimum Gasteiger partial charge on any atom is -0.480 e. The Balaban J connectivity index is 1.92. The summed E-state index contributed by atoms with van der Waals surface area (Å²) in [6.45, 7) is 0. The Labute approximate surface area is 127 Å². The van der Waals surface area contributed by atoms with E-state index in [1.807, 2.05) is 36.5 Å². The van der Waals surface area contributed by atoms with Crippen LogP contribution in [0.2, 0.25) is 0 Å². The third kappa shape index (κ3) is 2.67. The van der Waals surface area contributed by atoms with Crippen molar-refractivity contribution < 1.29 is 9.53 Å². The lowest BCUT2D eigenvalue weighted by molar-refractivity contribution is 0.102. The highest BCUT2D eigenvalue weighted by atomic mass is 16.5. The second-order valence-corrected chi connectivity index (χ2v) is 4.48. The van der Waals surface area contributed by atoms with Gasteiger partial charge in [0, 0.05) is 18.6 Å². The summed E-state index contributed by atoms with van der Waals surface area (Å²) >= 11 is 0. The lowest BCUT2D eigenvalue weighted by atomic mass is 10.2. The van der Waals surface area contributed by atoms with E-state index in [9.17, 15) is 4.79 Å². The Morgan fingerprint density at radius 2 is 2.00 bits per heavy atom. The van der Waals surface area contributed by atoms with E-state index in [1.165, 1.54) is 7.11 Å². The zero-order chi connectivity index (χ0) is 15.4. The van der Waals surface area contributed by atoms with Gasteiger partial charge in [0.25, 0.3) is 5.91 Å². The first-order chi connectivity index (χ1) is 10.8. The van der Waals surface area contributed by atoms with E-state index in [2.05, 4.69) is 15.4 Å². The molecule has 0 aliphatic carbocycles. The van der Waals surface area contributed by atoms with Crippen molar-refractivity contribution in [2.24, 2.45) is 0 Å². The Morgan fingerprint density at radius 3 is 2.77 bits per heavy atom. The van der Waals surface area contributed by atoms with E-state index in [0.29, 0.717) is 11.3 Å². The molecule has 0 saturated heterocycles. The van der Waals surface area contributed by atoms with E-state index in [-0.39, 0.29) is 11.8 Å². The largest absolute Gasteiger partial charge is 0.480 e. The van der Waals surface area contributed by atoms with Crippen molar-refractivity contribution >= 4 is 11.6 Å². The molecule has 0 spiro atoms. The molecule has 0 atom stereocenters. The van der Waals surface area contributed by atoms with Crippen LogP contribution in [0.5, 0.6) is 5.88 Å². The third-order valence-electron chi connectivity index (χ3n) is 3.11. The first-order valence-corrected chi connectivity index (χ1v) is 6.69. The van der Waals surface area contributed by atoms with E-state index in [4.69, 9.17) is 4.74 Å². The normalized spacial score (nSPS) is 10.2. The lowest BCUT2D eigenvalue weighted by Crippen LogP contribution is -2.15. The van der Waals surface area contributed by atoms with Gasteiger partial charge in [-0.1, -0.05) is 12.1 Å². The number of carbonyl (C=O) groups is 1. The molecule has 2 heterocycles. The topological polar surface area (TPSA) is 69.0 Å². The number of benzene rings is 1. The van der Waals surface area contributed by atoms with Gasteiger partial charge in [-0.2, -0.15) is 5.10 Å². The van der Waals surface area contributed by atoms with Crippen LogP contribution >= 0.6 is 0 Å². The average molecular weight is 294 g/mol. The number of para-hydroxylation sites is 2. The van der Waals surface area contributed by atoms with Crippen molar-refractivity contribution in [1.82, 2.24) is 14.8 Å². The van der Waals surface area contributed by atoms with Gasteiger partial charge in [0.1, 0.15) is 5.56 Å². The van der Waals surface area contributed by atoms with Crippen LogP contribution in [0.4, 0.5) is 5.69 Å². The number of rotatable bonds is 4. The molecule has 0 unspecified atom stereocenters. The first kappa shape index (κ1) is 13.8. The van der Waals surface area contributed by atoms with Crippen LogP contribution in [-0.4, -0.2) is 27.8 Å². The van der Waals surface area contributed by atoms with Crippen LogP contribution < -0.4 is 10.1 Å². The molecule has 110 valence electrons.